The fourth-order valence-electron chi connectivity index (χ4n) is 7.85. The molecular weight excluding hydrogens is 460 g/mol. The van der Waals surface area contributed by atoms with Crippen molar-refractivity contribution in [1.29, 1.82) is 0 Å². The van der Waals surface area contributed by atoms with Crippen LogP contribution < -0.4 is 10.5 Å². The lowest BCUT2D eigenvalue weighted by Crippen LogP contribution is -2.57. The number of nitrogens with zero attached hydrogens (tertiary/aromatic N) is 4. The highest BCUT2D eigenvalue weighted by molar-refractivity contribution is 5.76. The molecule has 1 aromatic heterocycles. The standard InChI is InChI=1S/C31H44N4O2/c1-22(36)23-20-33(21-23)30-31(37)35(29-17-10-9-16-28(29)32-30)27-18-25-14-11-15-26(19-27)34(25)24-12-7-5-3-2-4-6-8-13-24/h9-10,16-17,23-27,36H,1-8,11-15,18-21H2/t25-,26+,27?. The van der Waals surface area contributed by atoms with Crippen molar-refractivity contribution in [2.75, 3.05) is 18.0 Å². The van der Waals surface area contributed by atoms with Crippen LogP contribution in [0.1, 0.15) is 95.9 Å². The highest BCUT2D eigenvalue weighted by Crippen LogP contribution is 2.43. The van der Waals surface area contributed by atoms with E-state index in [0.717, 1.165) is 29.9 Å². The van der Waals surface area contributed by atoms with Gasteiger partial charge in [-0.1, -0.05) is 70.1 Å². The van der Waals surface area contributed by atoms with Gasteiger partial charge in [0, 0.05) is 37.3 Å². The van der Waals surface area contributed by atoms with E-state index in [9.17, 15) is 9.90 Å². The third-order valence-corrected chi connectivity index (χ3v) is 9.80. The van der Waals surface area contributed by atoms with Crippen LogP contribution in [0.25, 0.3) is 11.0 Å². The van der Waals surface area contributed by atoms with Crippen molar-refractivity contribution >= 4 is 16.9 Å². The SMILES string of the molecule is C=C(O)C1CN(c2nc3ccccc3n(C3C[C@H]4CCC[C@@H](C3)N4C3CCCCCCCCC3)c2=O)C1. The Morgan fingerprint density at radius 3 is 2.05 bits per heavy atom. The Morgan fingerprint density at radius 1 is 0.811 bits per heavy atom. The first-order valence-corrected chi connectivity index (χ1v) is 15.0. The normalized spacial score (nSPS) is 28.6. The molecular formula is C31H44N4O2. The lowest BCUT2D eigenvalue weighted by Gasteiger charge is -2.53. The molecule has 4 aliphatic rings. The number of para-hydroxylation sites is 2. The monoisotopic (exact) mass is 504 g/mol. The van der Waals surface area contributed by atoms with Gasteiger partial charge in [0.25, 0.3) is 5.56 Å². The highest BCUT2D eigenvalue weighted by Gasteiger charge is 2.43. The quantitative estimate of drug-likeness (QED) is 0.491. The average molecular weight is 505 g/mol. The molecule has 3 saturated heterocycles. The molecule has 6 rings (SSSR count). The van der Waals surface area contributed by atoms with Crippen LogP contribution in [0, 0.1) is 5.92 Å². The van der Waals surface area contributed by atoms with Gasteiger partial charge < -0.3 is 14.6 Å². The Labute approximate surface area is 221 Å². The molecule has 3 atom stereocenters. The molecule has 1 unspecified atom stereocenters. The third kappa shape index (κ3) is 4.94. The van der Waals surface area contributed by atoms with Crippen molar-refractivity contribution in [3.8, 4) is 0 Å². The Kier molecular flexibility index (Phi) is 7.29. The van der Waals surface area contributed by atoms with Gasteiger partial charge in [0.15, 0.2) is 5.82 Å². The van der Waals surface area contributed by atoms with Gasteiger partial charge >= 0.3 is 0 Å². The van der Waals surface area contributed by atoms with Gasteiger partial charge in [-0.3, -0.25) is 9.69 Å². The smallest absolute Gasteiger partial charge is 0.294 e. The first-order chi connectivity index (χ1) is 18.1. The molecule has 0 spiro atoms. The number of hydrogen-bond donors (Lipinski definition) is 1. The van der Waals surface area contributed by atoms with Gasteiger partial charge in [-0.25, -0.2) is 4.98 Å². The summed E-state index contributed by atoms with van der Waals surface area (Å²) in [5.41, 5.74) is 1.90. The predicted molar refractivity (Wildman–Crippen MR) is 150 cm³/mol. The average Bonchev–Trinajstić information content (AvgIpc) is 2.86. The second-order valence-corrected chi connectivity index (χ2v) is 12.2. The van der Waals surface area contributed by atoms with Gasteiger partial charge in [0.2, 0.25) is 0 Å². The maximum Gasteiger partial charge on any atom is 0.294 e. The van der Waals surface area contributed by atoms with Crippen LogP contribution in [0.3, 0.4) is 0 Å². The van der Waals surface area contributed by atoms with E-state index in [0.29, 0.717) is 31.0 Å². The topological polar surface area (TPSA) is 61.6 Å². The van der Waals surface area contributed by atoms with Crippen LogP contribution in [0.4, 0.5) is 5.82 Å². The maximum atomic E-state index is 14.0. The largest absolute Gasteiger partial charge is 0.513 e. The molecule has 3 aliphatic heterocycles. The number of anilines is 1. The number of fused-ring (bicyclic) bond motifs is 3. The Balaban J connectivity index is 1.29. The van der Waals surface area contributed by atoms with E-state index in [1.165, 1.54) is 77.0 Å². The number of rotatable bonds is 4. The summed E-state index contributed by atoms with van der Waals surface area (Å²) in [6.07, 6.45) is 18.5. The molecule has 37 heavy (non-hydrogen) atoms. The number of aliphatic hydroxyl groups is 1. The summed E-state index contributed by atoms with van der Waals surface area (Å²) in [7, 11) is 0. The van der Waals surface area contributed by atoms with Crippen LogP contribution in [0.5, 0.6) is 0 Å². The van der Waals surface area contributed by atoms with Crippen molar-refractivity contribution in [2.24, 2.45) is 5.92 Å². The lowest BCUT2D eigenvalue weighted by molar-refractivity contribution is -0.0239. The molecule has 2 aromatic rings. The molecule has 200 valence electrons. The summed E-state index contributed by atoms with van der Waals surface area (Å²) >= 11 is 0. The molecule has 4 heterocycles. The van der Waals surface area contributed by atoms with Gasteiger partial charge in [0.05, 0.1) is 22.7 Å². The molecule has 1 aromatic carbocycles. The van der Waals surface area contributed by atoms with Gasteiger partial charge in [0.1, 0.15) is 0 Å². The van der Waals surface area contributed by atoms with E-state index in [-0.39, 0.29) is 23.3 Å². The highest BCUT2D eigenvalue weighted by atomic mass is 16.3. The zero-order chi connectivity index (χ0) is 25.4. The number of aromatic nitrogens is 2. The van der Waals surface area contributed by atoms with Crippen LogP contribution in [-0.2, 0) is 0 Å². The molecule has 4 fully saturated rings. The molecule has 6 heteroatoms. The third-order valence-electron chi connectivity index (χ3n) is 9.80. The van der Waals surface area contributed by atoms with Crippen LogP contribution in [-0.4, -0.2) is 50.8 Å². The molecule has 0 radical (unpaired) electrons. The number of aliphatic hydroxyl groups excluding tert-OH is 1. The van der Waals surface area contributed by atoms with E-state index in [1.54, 1.807) is 0 Å². The fraction of sp³-hybridized carbons (Fsp3) is 0.677. The van der Waals surface area contributed by atoms with Crippen molar-refractivity contribution in [1.82, 2.24) is 14.5 Å². The van der Waals surface area contributed by atoms with E-state index >= 15 is 0 Å². The van der Waals surface area contributed by atoms with Crippen molar-refractivity contribution in [3.05, 3.63) is 47.0 Å². The van der Waals surface area contributed by atoms with E-state index in [4.69, 9.17) is 4.98 Å². The van der Waals surface area contributed by atoms with E-state index in [1.807, 2.05) is 23.1 Å². The number of piperidine rings is 2. The number of hydrogen-bond acceptors (Lipinski definition) is 5. The minimum Gasteiger partial charge on any atom is -0.513 e. The van der Waals surface area contributed by atoms with Crippen molar-refractivity contribution < 1.29 is 5.11 Å². The molecule has 2 bridgehead atoms. The molecule has 0 amide bonds. The minimum atomic E-state index is 0.0287. The summed E-state index contributed by atoms with van der Waals surface area (Å²) in [4.78, 5) is 23.8. The van der Waals surface area contributed by atoms with Crippen molar-refractivity contribution in [3.63, 3.8) is 0 Å². The number of benzene rings is 1. The first kappa shape index (κ1) is 25.0. The second-order valence-electron chi connectivity index (χ2n) is 12.2. The van der Waals surface area contributed by atoms with Crippen LogP contribution in [0.2, 0.25) is 0 Å². The Hall–Kier alpha value is -2.34. The molecule has 1 N–H and O–H groups in total. The molecule has 1 saturated carbocycles. The minimum absolute atomic E-state index is 0.0287. The summed E-state index contributed by atoms with van der Waals surface area (Å²) in [5.74, 6) is 0.773. The lowest BCUT2D eigenvalue weighted by atomic mass is 9.79. The predicted octanol–water partition coefficient (Wildman–Crippen LogP) is 6.36. The second kappa shape index (κ2) is 10.8. The van der Waals surface area contributed by atoms with E-state index < -0.39 is 0 Å². The summed E-state index contributed by atoms with van der Waals surface area (Å²) in [5, 5.41) is 9.79. The van der Waals surface area contributed by atoms with Gasteiger partial charge in [-0.2, -0.15) is 0 Å². The zero-order valence-corrected chi connectivity index (χ0v) is 22.4. The van der Waals surface area contributed by atoms with Crippen molar-refractivity contribution in [2.45, 2.75) is 114 Å². The summed E-state index contributed by atoms with van der Waals surface area (Å²) < 4.78 is 2.11. The summed E-state index contributed by atoms with van der Waals surface area (Å²) in [6.45, 7) is 4.91. The Morgan fingerprint density at radius 2 is 1.41 bits per heavy atom. The first-order valence-electron chi connectivity index (χ1n) is 15.0. The summed E-state index contributed by atoms with van der Waals surface area (Å²) in [6, 6.07) is 10.3. The maximum absolute atomic E-state index is 14.0. The molecule has 1 aliphatic carbocycles. The van der Waals surface area contributed by atoms with Gasteiger partial charge in [-0.15, -0.1) is 0 Å². The van der Waals surface area contributed by atoms with Crippen LogP contribution >= 0.6 is 0 Å². The molecule has 6 nitrogen and oxygen atoms in total. The van der Waals surface area contributed by atoms with E-state index in [2.05, 4.69) is 22.1 Å². The van der Waals surface area contributed by atoms with Crippen LogP contribution in [0.15, 0.2) is 41.4 Å². The fourth-order valence-corrected chi connectivity index (χ4v) is 7.85. The van der Waals surface area contributed by atoms with Gasteiger partial charge in [-0.05, 0) is 50.7 Å². The zero-order valence-electron chi connectivity index (χ0n) is 22.4. The Bertz CT molecular complexity index is 1150.